The van der Waals surface area contributed by atoms with Gasteiger partial charge in [-0.3, -0.25) is 4.90 Å². The minimum atomic E-state index is 0.691. The van der Waals surface area contributed by atoms with Gasteiger partial charge in [-0.1, -0.05) is 25.5 Å². The molecule has 0 spiro atoms. The van der Waals surface area contributed by atoms with E-state index in [4.69, 9.17) is 0 Å². The molecule has 0 aromatic rings. The number of hydrogen-bond donors (Lipinski definition) is 0. The van der Waals surface area contributed by atoms with Crippen LogP contribution in [0.2, 0.25) is 0 Å². The Balaban J connectivity index is 2.35. The van der Waals surface area contributed by atoms with E-state index in [0.717, 1.165) is 0 Å². The summed E-state index contributed by atoms with van der Waals surface area (Å²) in [6, 6.07) is 0.691. The number of nitrogens with zero attached hydrogens (tertiary/aromatic N) is 1. The van der Waals surface area contributed by atoms with Crippen LogP contribution in [0.1, 0.15) is 39.5 Å². The molecule has 1 heteroatoms. The molecular formula is C11H21N. The summed E-state index contributed by atoms with van der Waals surface area (Å²) in [6.45, 7) is 11.0. The normalized spacial score (nSPS) is 24.7. The Labute approximate surface area is 76.5 Å². The van der Waals surface area contributed by atoms with Gasteiger partial charge in [-0.15, -0.1) is 0 Å². The topological polar surface area (TPSA) is 3.24 Å². The van der Waals surface area contributed by atoms with E-state index in [1.165, 1.54) is 44.3 Å². The van der Waals surface area contributed by atoms with E-state index >= 15 is 0 Å². The van der Waals surface area contributed by atoms with Gasteiger partial charge in [0.2, 0.25) is 0 Å². The van der Waals surface area contributed by atoms with Crippen LogP contribution in [0.3, 0.4) is 0 Å². The molecule has 0 radical (unpaired) electrons. The van der Waals surface area contributed by atoms with Crippen molar-refractivity contribution in [2.45, 2.75) is 45.6 Å². The Bertz CT molecular complexity index is 151. The third-order valence-electron chi connectivity index (χ3n) is 2.73. The van der Waals surface area contributed by atoms with Gasteiger partial charge in [0.15, 0.2) is 0 Å². The van der Waals surface area contributed by atoms with Crippen molar-refractivity contribution in [3.8, 4) is 0 Å². The molecule has 0 aromatic heterocycles. The van der Waals surface area contributed by atoms with E-state index in [2.05, 4.69) is 25.3 Å². The minimum absolute atomic E-state index is 0.691. The molecule has 0 amide bonds. The van der Waals surface area contributed by atoms with Crippen molar-refractivity contribution in [2.24, 2.45) is 0 Å². The average Bonchev–Trinajstić information content (AvgIpc) is 2.48. The third kappa shape index (κ3) is 2.34. The van der Waals surface area contributed by atoms with Crippen LogP contribution in [0.25, 0.3) is 0 Å². The summed E-state index contributed by atoms with van der Waals surface area (Å²) >= 11 is 0. The van der Waals surface area contributed by atoms with Crippen molar-refractivity contribution in [2.75, 3.05) is 13.1 Å². The van der Waals surface area contributed by atoms with Crippen LogP contribution in [0.15, 0.2) is 12.2 Å². The maximum atomic E-state index is 4.05. The van der Waals surface area contributed by atoms with Gasteiger partial charge in [0.05, 0.1) is 0 Å². The predicted octanol–water partition coefficient (Wildman–Crippen LogP) is 2.83. The Hall–Kier alpha value is -0.300. The van der Waals surface area contributed by atoms with Gasteiger partial charge >= 0.3 is 0 Å². The number of hydrogen-bond acceptors (Lipinski definition) is 1. The first-order valence-corrected chi connectivity index (χ1v) is 5.15. The van der Waals surface area contributed by atoms with Crippen LogP contribution in [0, 0.1) is 0 Å². The zero-order valence-electron chi connectivity index (χ0n) is 8.47. The lowest BCUT2D eigenvalue weighted by molar-refractivity contribution is 0.276. The van der Waals surface area contributed by atoms with Gasteiger partial charge in [-0.2, -0.15) is 0 Å². The standard InChI is InChI=1S/C11H21N/c1-4-5-8-12-9-6-7-11(12)10(2)3/h11H,2,4-9H2,1,3H3. The molecule has 1 rings (SSSR count). The van der Waals surface area contributed by atoms with Gasteiger partial charge < -0.3 is 0 Å². The zero-order chi connectivity index (χ0) is 8.97. The molecule has 0 aliphatic carbocycles. The fraction of sp³-hybridized carbons (Fsp3) is 0.818. The summed E-state index contributed by atoms with van der Waals surface area (Å²) in [5.74, 6) is 0. The van der Waals surface area contributed by atoms with Gasteiger partial charge in [0.1, 0.15) is 0 Å². The molecule has 12 heavy (non-hydrogen) atoms. The minimum Gasteiger partial charge on any atom is -0.297 e. The largest absolute Gasteiger partial charge is 0.297 e. The highest BCUT2D eigenvalue weighted by molar-refractivity contribution is 5.04. The lowest BCUT2D eigenvalue weighted by atomic mass is 10.1. The molecular weight excluding hydrogens is 146 g/mol. The van der Waals surface area contributed by atoms with Crippen molar-refractivity contribution >= 4 is 0 Å². The second-order valence-electron chi connectivity index (χ2n) is 3.89. The number of unbranched alkanes of at least 4 members (excludes halogenated alkanes) is 1. The summed E-state index contributed by atoms with van der Waals surface area (Å²) < 4.78 is 0. The second kappa shape index (κ2) is 4.66. The lowest BCUT2D eigenvalue weighted by Crippen LogP contribution is -2.30. The van der Waals surface area contributed by atoms with Gasteiger partial charge in [-0.05, 0) is 39.3 Å². The maximum Gasteiger partial charge on any atom is 0.0302 e. The average molecular weight is 167 g/mol. The lowest BCUT2D eigenvalue weighted by Gasteiger charge is -2.24. The predicted molar refractivity (Wildman–Crippen MR) is 54.3 cm³/mol. The summed E-state index contributed by atoms with van der Waals surface area (Å²) in [4.78, 5) is 2.59. The van der Waals surface area contributed by atoms with Crippen LogP contribution in [0.5, 0.6) is 0 Å². The first kappa shape index (κ1) is 9.79. The highest BCUT2D eigenvalue weighted by atomic mass is 15.2. The molecule has 1 saturated heterocycles. The van der Waals surface area contributed by atoms with Crippen molar-refractivity contribution < 1.29 is 0 Å². The Morgan fingerprint density at radius 2 is 2.33 bits per heavy atom. The summed E-state index contributed by atoms with van der Waals surface area (Å²) in [5, 5.41) is 0. The van der Waals surface area contributed by atoms with Crippen LogP contribution < -0.4 is 0 Å². The second-order valence-corrected chi connectivity index (χ2v) is 3.89. The maximum absolute atomic E-state index is 4.05. The fourth-order valence-corrected chi connectivity index (χ4v) is 2.01. The first-order valence-electron chi connectivity index (χ1n) is 5.15. The first-order chi connectivity index (χ1) is 5.75. The van der Waals surface area contributed by atoms with Gasteiger partial charge in [0.25, 0.3) is 0 Å². The summed E-state index contributed by atoms with van der Waals surface area (Å²) in [7, 11) is 0. The molecule has 1 fully saturated rings. The Kier molecular flexibility index (Phi) is 3.80. The smallest absolute Gasteiger partial charge is 0.0302 e. The number of rotatable bonds is 4. The van der Waals surface area contributed by atoms with Gasteiger partial charge in [0, 0.05) is 6.04 Å². The van der Waals surface area contributed by atoms with Crippen molar-refractivity contribution in [3.63, 3.8) is 0 Å². The molecule has 0 bridgehead atoms. The number of likely N-dealkylation sites (tertiary alicyclic amines) is 1. The highest BCUT2D eigenvalue weighted by Gasteiger charge is 2.23. The SMILES string of the molecule is C=C(C)C1CCCN1CCCC. The van der Waals surface area contributed by atoms with E-state index in [1.54, 1.807) is 0 Å². The van der Waals surface area contributed by atoms with Gasteiger partial charge in [-0.25, -0.2) is 0 Å². The summed E-state index contributed by atoms with van der Waals surface area (Å²) in [6.07, 6.45) is 5.34. The van der Waals surface area contributed by atoms with E-state index in [1.807, 2.05) is 0 Å². The monoisotopic (exact) mass is 167 g/mol. The quantitative estimate of drug-likeness (QED) is 0.582. The van der Waals surface area contributed by atoms with Crippen LogP contribution in [0.4, 0.5) is 0 Å². The van der Waals surface area contributed by atoms with Crippen LogP contribution >= 0.6 is 0 Å². The fourth-order valence-electron chi connectivity index (χ4n) is 2.01. The third-order valence-corrected chi connectivity index (χ3v) is 2.73. The molecule has 0 saturated carbocycles. The molecule has 1 aliphatic rings. The molecule has 1 atom stereocenters. The van der Waals surface area contributed by atoms with E-state index < -0.39 is 0 Å². The molecule has 1 heterocycles. The van der Waals surface area contributed by atoms with Crippen molar-refractivity contribution in [3.05, 3.63) is 12.2 Å². The van der Waals surface area contributed by atoms with E-state index in [9.17, 15) is 0 Å². The van der Waals surface area contributed by atoms with Crippen LogP contribution in [-0.2, 0) is 0 Å². The molecule has 1 unspecified atom stereocenters. The molecule has 0 aromatic carbocycles. The Morgan fingerprint density at radius 1 is 1.58 bits per heavy atom. The Morgan fingerprint density at radius 3 is 2.92 bits per heavy atom. The van der Waals surface area contributed by atoms with Crippen molar-refractivity contribution in [1.82, 2.24) is 4.90 Å². The van der Waals surface area contributed by atoms with Crippen molar-refractivity contribution in [1.29, 1.82) is 0 Å². The highest BCUT2D eigenvalue weighted by Crippen LogP contribution is 2.22. The van der Waals surface area contributed by atoms with E-state index in [-0.39, 0.29) is 0 Å². The molecule has 1 nitrogen and oxygen atoms in total. The molecule has 1 aliphatic heterocycles. The molecule has 70 valence electrons. The molecule has 0 N–H and O–H groups in total. The summed E-state index contributed by atoms with van der Waals surface area (Å²) in [5.41, 5.74) is 1.35. The zero-order valence-corrected chi connectivity index (χ0v) is 8.47. The van der Waals surface area contributed by atoms with E-state index in [0.29, 0.717) is 6.04 Å². The van der Waals surface area contributed by atoms with Crippen LogP contribution in [-0.4, -0.2) is 24.0 Å².